The Hall–Kier alpha value is -3.67. The lowest BCUT2D eigenvalue weighted by molar-refractivity contribution is -0.114. The third-order valence-corrected chi connectivity index (χ3v) is 3.74. The van der Waals surface area contributed by atoms with Gasteiger partial charge in [-0.2, -0.15) is 0 Å². The summed E-state index contributed by atoms with van der Waals surface area (Å²) in [6, 6.07) is 17.6. The zero-order chi connectivity index (χ0) is 18.5. The number of hydrogen-bond acceptors (Lipinski definition) is 3. The summed E-state index contributed by atoms with van der Waals surface area (Å²) in [5.74, 6) is -0.678. The van der Waals surface area contributed by atoms with Crippen LogP contribution in [0, 0.1) is 0 Å². The average Bonchev–Trinajstić information content (AvgIpc) is 2.63. The fourth-order valence-electron chi connectivity index (χ4n) is 2.60. The van der Waals surface area contributed by atoms with Crippen LogP contribution in [0.4, 0.5) is 11.4 Å². The highest BCUT2D eigenvalue weighted by Crippen LogP contribution is 2.22. The second-order valence-corrected chi connectivity index (χ2v) is 5.67. The van der Waals surface area contributed by atoms with E-state index in [-0.39, 0.29) is 11.5 Å². The normalized spacial score (nSPS) is 10.2. The smallest absolute Gasteiger partial charge is 0.261 e. The highest BCUT2D eigenvalue weighted by atomic mass is 16.2. The van der Waals surface area contributed by atoms with E-state index in [4.69, 9.17) is 0 Å². The van der Waals surface area contributed by atoms with Crippen LogP contribution in [-0.2, 0) is 4.79 Å². The molecule has 3 rings (SSSR count). The Bertz CT molecular complexity index is 993. The van der Waals surface area contributed by atoms with Crippen molar-refractivity contribution >= 4 is 23.2 Å². The molecule has 0 spiro atoms. The van der Waals surface area contributed by atoms with Gasteiger partial charge in [0.15, 0.2) is 0 Å². The van der Waals surface area contributed by atoms with Gasteiger partial charge in [-0.25, -0.2) is 0 Å². The van der Waals surface area contributed by atoms with Crippen molar-refractivity contribution in [3.8, 4) is 11.1 Å². The number of benzene rings is 2. The molecule has 3 aromatic rings. The van der Waals surface area contributed by atoms with E-state index in [1.54, 1.807) is 30.3 Å². The second-order valence-electron chi connectivity index (χ2n) is 5.67. The Morgan fingerprint density at radius 1 is 0.846 bits per heavy atom. The highest BCUT2D eigenvalue weighted by Gasteiger charge is 2.17. The van der Waals surface area contributed by atoms with Crippen LogP contribution in [0.3, 0.4) is 0 Å². The molecule has 1 heterocycles. The topological polar surface area (TPSA) is 91.1 Å². The predicted molar refractivity (Wildman–Crippen MR) is 101 cm³/mol. The van der Waals surface area contributed by atoms with Gasteiger partial charge < -0.3 is 15.6 Å². The summed E-state index contributed by atoms with van der Waals surface area (Å²) in [4.78, 5) is 38.5. The number of rotatable bonds is 4. The molecule has 3 N–H and O–H groups in total. The van der Waals surface area contributed by atoms with Crippen LogP contribution < -0.4 is 16.2 Å². The molecule has 0 saturated heterocycles. The van der Waals surface area contributed by atoms with Crippen molar-refractivity contribution in [1.82, 2.24) is 4.98 Å². The average molecular weight is 347 g/mol. The molecule has 0 radical (unpaired) electrons. The molecule has 0 bridgehead atoms. The monoisotopic (exact) mass is 347 g/mol. The standard InChI is InChI=1S/C20H17N3O3/c1-13(24)22-15-7-9-16(10-8-15)23-20(26)18-17(11-12-21-19(18)25)14-5-3-2-4-6-14/h2-12H,1H3,(H,21,25)(H,22,24)(H,23,26). The van der Waals surface area contributed by atoms with E-state index in [9.17, 15) is 14.4 Å². The molecule has 2 amide bonds. The van der Waals surface area contributed by atoms with Gasteiger partial charge in [-0.1, -0.05) is 30.3 Å². The minimum atomic E-state index is -0.502. The quantitative estimate of drug-likeness (QED) is 0.676. The van der Waals surface area contributed by atoms with E-state index < -0.39 is 11.5 Å². The molecule has 0 unspecified atom stereocenters. The minimum absolute atomic E-state index is 0.0460. The molecular formula is C20H17N3O3. The lowest BCUT2D eigenvalue weighted by Gasteiger charge is -2.10. The number of H-pyrrole nitrogens is 1. The summed E-state index contributed by atoms with van der Waals surface area (Å²) in [6.07, 6.45) is 1.52. The van der Waals surface area contributed by atoms with Gasteiger partial charge in [-0.05, 0) is 35.9 Å². The van der Waals surface area contributed by atoms with E-state index >= 15 is 0 Å². The summed E-state index contributed by atoms with van der Waals surface area (Å²) in [7, 11) is 0. The maximum Gasteiger partial charge on any atom is 0.261 e. The molecule has 130 valence electrons. The fourth-order valence-corrected chi connectivity index (χ4v) is 2.60. The number of carbonyl (C=O) groups is 2. The van der Waals surface area contributed by atoms with Crippen LogP contribution in [0.2, 0.25) is 0 Å². The molecule has 26 heavy (non-hydrogen) atoms. The van der Waals surface area contributed by atoms with Crippen LogP contribution in [0.5, 0.6) is 0 Å². The first-order valence-electron chi connectivity index (χ1n) is 8.01. The Morgan fingerprint density at radius 3 is 2.08 bits per heavy atom. The lowest BCUT2D eigenvalue weighted by atomic mass is 10.0. The molecule has 6 nitrogen and oxygen atoms in total. The van der Waals surface area contributed by atoms with Crippen molar-refractivity contribution in [2.24, 2.45) is 0 Å². The Labute approximate surface area is 149 Å². The van der Waals surface area contributed by atoms with Crippen molar-refractivity contribution < 1.29 is 9.59 Å². The summed E-state index contributed by atoms with van der Waals surface area (Å²) in [6.45, 7) is 1.42. The van der Waals surface area contributed by atoms with Gasteiger partial charge in [-0.15, -0.1) is 0 Å². The predicted octanol–water partition coefficient (Wildman–Crippen LogP) is 3.25. The molecule has 0 aliphatic rings. The SMILES string of the molecule is CC(=O)Nc1ccc(NC(=O)c2c(-c3ccccc3)cc[nH]c2=O)cc1. The molecule has 1 aromatic heterocycles. The molecule has 0 aliphatic carbocycles. The van der Waals surface area contributed by atoms with Gasteiger partial charge >= 0.3 is 0 Å². The van der Waals surface area contributed by atoms with Gasteiger partial charge in [0.2, 0.25) is 5.91 Å². The number of anilines is 2. The van der Waals surface area contributed by atoms with Crippen LogP contribution >= 0.6 is 0 Å². The lowest BCUT2D eigenvalue weighted by Crippen LogP contribution is -2.24. The van der Waals surface area contributed by atoms with Crippen molar-refractivity contribution in [3.63, 3.8) is 0 Å². The van der Waals surface area contributed by atoms with Crippen molar-refractivity contribution in [1.29, 1.82) is 0 Å². The summed E-state index contributed by atoms with van der Waals surface area (Å²) in [5, 5.41) is 5.37. The fraction of sp³-hybridized carbons (Fsp3) is 0.0500. The summed E-state index contributed by atoms with van der Waals surface area (Å²) < 4.78 is 0. The molecule has 6 heteroatoms. The van der Waals surface area contributed by atoms with Crippen molar-refractivity contribution in [2.75, 3.05) is 10.6 Å². The number of carbonyl (C=O) groups excluding carboxylic acids is 2. The first-order chi connectivity index (χ1) is 12.5. The van der Waals surface area contributed by atoms with Crippen LogP contribution in [-0.4, -0.2) is 16.8 Å². The number of aromatic amines is 1. The summed E-state index contributed by atoms with van der Waals surface area (Å²) in [5.41, 5.74) is 2.07. The number of nitrogens with one attached hydrogen (secondary N) is 3. The Kier molecular flexibility index (Phi) is 4.94. The third kappa shape index (κ3) is 3.87. The number of amides is 2. The molecule has 0 saturated carbocycles. The maximum atomic E-state index is 12.7. The summed E-state index contributed by atoms with van der Waals surface area (Å²) >= 11 is 0. The van der Waals surface area contributed by atoms with E-state index in [2.05, 4.69) is 15.6 Å². The van der Waals surface area contributed by atoms with Crippen LogP contribution in [0.15, 0.2) is 71.7 Å². The number of aromatic nitrogens is 1. The maximum absolute atomic E-state index is 12.7. The van der Waals surface area contributed by atoms with Gasteiger partial charge in [0.05, 0.1) is 0 Å². The second kappa shape index (κ2) is 7.48. The molecule has 0 atom stereocenters. The Balaban J connectivity index is 1.89. The molecule has 0 aliphatic heterocycles. The van der Waals surface area contributed by atoms with E-state index in [1.165, 1.54) is 13.1 Å². The van der Waals surface area contributed by atoms with Gasteiger partial charge in [-0.3, -0.25) is 14.4 Å². The minimum Gasteiger partial charge on any atom is -0.328 e. The van der Waals surface area contributed by atoms with Gasteiger partial charge in [0, 0.05) is 30.1 Å². The van der Waals surface area contributed by atoms with Crippen molar-refractivity contribution in [3.05, 3.63) is 82.8 Å². The van der Waals surface area contributed by atoms with E-state index in [0.29, 0.717) is 16.9 Å². The molecule has 2 aromatic carbocycles. The number of hydrogen-bond donors (Lipinski definition) is 3. The van der Waals surface area contributed by atoms with Gasteiger partial charge in [0.25, 0.3) is 11.5 Å². The number of pyridine rings is 1. The first-order valence-corrected chi connectivity index (χ1v) is 8.01. The zero-order valence-electron chi connectivity index (χ0n) is 14.1. The van der Waals surface area contributed by atoms with Gasteiger partial charge in [0.1, 0.15) is 5.56 Å². The van der Waals surface area contributed by atoms with E-state index in [0.717, 1.165) is 5.56 Å². The molecule has 0 fully saturated rings. The first kappa shape index (κ1) is 17.2. The van der Waals surface area contributed by atoms with E-state index in [1.807, 2.05) is 30.3 Å². The largest absolute Gasteiger partial charge is 0.328 e. The van der Waals surface area contributed by atoms with Crippen LogP contribution in [0.25, 0.3) is 11.1 Å². The third-order valence-electron chi connectivity index (χ3n) is 3.74. The Morgan fingerprint density at radius 2 is 1.46 bits per heavy atom. The van der Waals surface area contributed by atoms with Crippen LogP contribution in [0.1, 0.15) is 17.3 Å². The zero-order valence-corrected chi connectivity index (χ0v) is 14.1. The highest BCUT2D eigenvalue weighted by molar-refractivity contribution is 6.08. The van der Waals surface area contributed by atoms with Crippen molar-refractivity contribution in [2.45, 2.75) is 6.92 Å². The molecular weight excluding hydrogens is 330 g/mol.